The first-order valence-electron chi connectivity index (χ1n) is 8.79. The number of rotatable bonds is 4. The molecular weight excluding hydrogens is 406 g/mol. The van der Waals surface area contributed by atoms with Gasteiger partial charge in [-0.2, -0.15) is 13.2 Å². The van der Waals surface area contributed by atoms with Crippen LogP contribution in [0.25, 0.3) is 0 Å². The van der Waals surface area contributed by atoms with Gasteiger partial charge in [-0.05, 0) is 49.2 Å². The van der Waals surface area contributed by atoms with E-state index in [4.69, 9.17) is 0 Å². The Bertz CT molecular complexity index is 1040. The molecule has 0 aliphatic carbocycles. The van der Waals surface area contributed by atoms with E-state index in [1.165, 1.54) is 25.1 Å². The molecule has 0 saturated carbocycles. The smallest absolute Gasteiger partial charge is 0.324 e. The topological polar surface area (TPSA) is 78.5 Å². The van der Waals surface area contributed by atoms with Gasteiger partial charge in [-0.1, -0.05) is 18.2 Å². The lowest BCUT2D eigenvalue weighted by atomic mass is 9.90. The molecule has 2 N–H and O–H groups in total. The molecule has 1 aliphatic rings. The average molecular weight is 423 g/mol. The Hall–Kier alpha value is -3.43. The third-order valence-electron chi connectivity index (χ3n) is 4.80. The molecule has 0 bridgehead atoms. The average Bonchev–Trinajstić information content (AvgIpc) is 2.88. The van der Waals surface area contributed by atoms with Crippen LogP contribution in [0.15, 0.2) is 42.5 Å². The molecule has 1 aliphatic heterocycles. The van der Waals surface area contributed by atoms with E-state index in [2.05, 4.69) is 10.6 Å². The van der Waals surface area contributed by atoms with E-state index in [0.29, 0.717) is 10.5 Å². The highest BCUT2D eigenvalue weighted by Gasteiger charge is 2.50. The Balaban J connectivity index is 1.78. The Morgan fingerprint density at radius 3 is 2.50 bits per heavy atom. The number of nitrogens with one attached hydrogen (secondary N) is 2. The van der Waals surface area contributed by atoms with Crippen molar-refractivity contribution in [3.8, 4) is 0 Å². The third kappa shape index (κ3) is 3.98. The third-order valence-corrected chi connectivity index (χ3v) is 4.80. The molecule has 0 spiro atoms. The highest BCUT2D eigenvalue weighted by atomic mass is 19.4. The molecule has 6 nitrogen and oxygen atoms in total. The number of halogens is 4. The second kappa shape index (κ2) is 7.43. The minimum absolute atomic E-state index is 0.0702. The fraction of sp³-hybridized carbons (Fsp3) is 0.250. The molecule has 1 atom stereocenters. The SMILES string of the molecule is Cc1ccc(NC(=O)CN2C(=O)NC(C)(c3cccc(C(F)(F)F)c3)C2=O)cc1F. The summed E-state index contributed by atoms with van der Waals surface area (Å²) in [6.45, 7) is 2.12. The van der Waals surface area contributed by atoms with Crippen molar-refractivity contribution in [1.29, 1.82) is 0 Å². The van der Waals surface area contributed by atoms with Crippen LogP contribution in [0.4, 0.5) is 28.0 Å². The van der Waals surface area contributed by atoms with E-state index in [-0.39, 0.29) is 11.3 Å². The number of benzene rings is 2. The van der Waals surface area contributed by atoms with Crippen LogP contribution in [0.2, 0.25) is 0 Å². The normalized spacial score (nSPS) is 19.1. The number of amides is 4. The van der Waals surface area contributed by atoms with Crippen LogP contribution in [0.5, 0.6) is 0 Å². The van der Waals surface area contributed by atoms with E-state index >= 15 is 0 Å². The van der Waals surface area contributed by atoms with Crippen molar-refractivity contribution in [2.24, 2.45) is 0 Å². The van der Waals surface area contributed by atoms with Gasteiger partial charge < -0.3 is 10.6 Å². The zero-order valence-corrected chi connectivity index (χ0v) is 15.9. The van der Waals surface area contributed by atoms with Crippen molar-refractivity contribution in [3.63, 3.8) is 0 Å². The van der Waals surface area contributed by atoms with Crippen molar-refractivity contribution >= 4 is 23.5 Å². The molecule has 2 aromatic rings. The Kier molecular flexibility index (Phi) is 5.27. The number of urea groups is 1. The molecular formula is C20H17F4N3O3. The van der Waals surface area contributed by atoms with E-state index in [1.54, 1.807) is 6.92 Å². The predicted octanol–water partition coefficient (Wildman–Crippen LogP) is 3.56. The Morgan fingerprint density at radius 1 is 1.17 bits per heavy atom. The zero-order chi connectivity index (χ0) is 22.3. The summed E-state index contributed by atoms with van der Waals surface area (Å²) in [6.07, 6.45) is -4.62. The van der Waals surface area contributed by atoms with Gasteiger partial charge in [0.1, 0.15) is 17.9 Å². The lowest BCUT2D eigenvalue weighted by Crippen LogP contribution is -2.42. The summed E-state index contributed by atoms with van der Waals surface area (Å²) in [7, 11) is 0. The van der Waals surface area contributed by atoms with Gasteiger partial charge >= 0.3 is 12.2 Å². The van der Waals surface area contributed by atoms with E-state index in [9.17, 15) is 31.9 Å². The molecule has 1 saturated heterocycles. The Labute approximate surface area is 168 Å². The molecule has 158 valence electrons. The number of hydrogen-bond donors (Lipinski definition) is 2. The van der Waals surface area contributed by atoms with Crippen LogP contribution >= 0.6 is 0 Å². The maximum absolute atomic E-state index is 13.6. The molecule has 30 heavy (non-hydrogen) atoms. The maximum Gasteiger partial charge on any atom is 0.416 e. The van der Waals surface area contributed by atoms with Gasteiger partial charge in [0.25, 0.3) is 5.91 Å². The summed E-state index contributed by atoms with van der Waals surface area (Å²) in [6, 6.07) is 7.10. The lowest BCUT2D eigenvalue weighted by molar-refractivity contribution is -0.138. The summed E-state index contributed by atoms with van der Waals surface area (Å²) < 4.78 is 52.6. The molecule has 0 radical (unpaired) electrons. The van der Waals surface area contributed by atoms with Gasteiger partial charge in [-0.25, -0.2) is 9.18 Å². The first kappa shape index (κ1) is 21.3. The fourth-order valence-electron chi connectivity index (χ4n) is 3.06. The van der Waals surface area contributed by atoms with Gasteiger partial charge in [-0.3, -0.25) is 14.5 Å². The van der Waals surface area contributed by atoms with E-state index in [1.807, 2.05) is 0 Å². The number of anilines is 1. The lowest BCUT2D eigenvalue weighted by Gasteiger charge is -2.23. The largest absolute Gasteiger partial charge is 0.416 e. The molecule has 10 heteroatoms. The second-order valence-electron chi connectivity index (χ2n) is 7.04. The molecule has 1 fully saturated rings. The highest BCUT2D eigenvalue weighted by Crippen LogP contribution is 2.34. The number of hydrogen-bond acceptors (Lipinski definition) is 3. The van der Waals surface area contributed by atoms with Crippen LogP contribution in [0.3, 0.4) is 0 Å². The maximum atomic E-state index is 13.6. The standard InChI is InChI=1S/C20H17F4N3O3/c1-11-6-7-14(9-15(11)21)25-16(28)10-27-17(29)19(2,26-18(27)30)12-4-3-5-13(8-12)20(22,23)24/h3-9H,10H2,1-2H3,(H,25,28)(H,26,30). The number of imide groups is 1. The number of alkyl halides is 3. The quantitative estimate of drug-likeness (QED) is 0.583. The minimum Gasteiger partial charge on any atom is -0.324 e. The summed E-state index contributed by atoms with van der Waals surface area (Å²) >= 11 is 0. The van der Waals surface area contributed by atoms with Gasteiger partial charge in [0, 0.05) is 5.69 Å². The molecule has 2 aromatic carbocycles. The van der Waals surface area contributed by atoms with Crippen molar-refractivity contribution in [3.05, 3.63) is 65.0 Å². The van der Waals surface area contributed by atoms with Crippen LogP contribution in [0.1, 0.15) is 23.6 Å². The number of nitrogens with zero attached hydrogens (tertiary/aromatic N) is 1. The Morgan fingerprint density at radius 2 is 1.87 bits per heavy atom. The van der Waals surface area contributed by atoms with Crippen LogP contribution < -0.4 is 10.6 Å². The zero-order valence-electron chi connectivity index (χ0n) is 15.9. The van der Waals surface area contributed by atoms with Crippen molar-refractivity contribution in [1.82, 2.24) is 10.2 Å². The van der Waals surface area contributed by atoms with E-state index in [0.717, 1.165) is 24.3 Å². The summed E-state index contributed by atoms with van der Waals surface area (Å²) in [5.41, 5.74) is -2.30. The van der Waals surface area contributed by atoms with Crippen LogP contribution in [-0.2, 0) is 21.3 Å². The monoisotopic (exact) mass is 423 g/mol. The van der Waals surface area contributed by atoms with Crippen molar-refractivity contribution in [2.75, 3.05) is 11.9 Å². The van der Waals surface area contributed by atoms with Gasteiger partial charge in [0.2, 0.25) is 5.91 Å². The summed E-state index contributed by atoms with van der Waals surface area (Å²) in [4.78, 5) is 37.9. The van der Waals surface area contributed by atoms with Gasteiger partial charge in [0.05, 0.1) is 5.56 Å². The molecule has 4 amide bonds. The second-order valence-corrected chi connectivity index (χ2v) is 7.04. The van der Waals surface area contributed by atoms with Crippen molar-refractivity contribution < 1.29 is 31.9 Å². The predicted molar refractivity (Wildman–Crippen MR) is 98.8 cm³/mol. The van der Waals surface area contributed by atoms with Crippen LogP contribution in [0, 0.1) is 12.7 Å². The first-order chi connectivity index (χ1) is 13.9. The number of aryl methyl sites for hydroxylation is 1. The molecule has 1 unspecified atom stereocenters. The molecule has 0 aromatic heterocycles. The summed E-state index contributed by atoms with van der Waals surface area (Å²) in [5.74, 6) is -2.19. The van der Waals surface area contributed by atoms with Gasteiger partial charge in [-0.15, -0.1) is 0 Å². The molecule has 3 rings (SSSR count). The number of carbonyl (C=O) groups is 3. The van der Waals surface area contributed by atoms with Gasteiger partial charge in [0.15, 0.2) is 0 Å². The van der Waals surface area contributed by atoms with Crippen molar-refractivity contribution in [2.45, 2.75) is 25.6 Å². The minimum atomic E-state index is -4.62. The highest BCUT2D eigenvalue weighted by molar-refractivity contribution is 6.10. The molecule has 1 heterocycles. The number of carbonyl (C=O) groups excluding carboxylic acids is 3. The first-order valence-corrected chi connectivity index (χ1v) is 8.79. The van der Waals surface area contributed by atoms with Crippen LogP contribution in [-0.4, -0.2) is 29.3 Å². The van der Waals surface area contributed by atoms with E-state index < -0.39 is 47.5 Å². The summed E-state index contributed by atoms with van der Waals surface area (Å²) in [5, 5.41) is 4.71. The fourth-order valence-corrected chi connectivity index (χ4v) is 3.06.